The molecule has 110 valence electrons. The molecule has 0 radical (unpaired) electrons. The molecule has 3 nitrogen and oxygen atoms in total. The second kappa shape index (κ2) is 6.52. The Morgan fingerprint density at radius 1 is 1.10 bits per heavy atom. The molecule has 6 heteroatoms. The van der Waals surface area contributed by atoms with Crippen molar-refractivity contribution in [1.29, 1.82) is 0 Å². The van der Waals surface area contributed by atoms with Crippen LogP contribution in [0.5, 0.6) is 0 Å². The van der Waals surface area contributed by atoms with Gasteiger partial charge in [0.05, 0.1) is 17.3 Å². The van der Waals surface area contributed by atoms with Crippen LogP contribution in [0.1, 0.15) is 0 Å². The van der Waals surface area contributed by atoms with E-state index in [1.165, 1.54) is 28.6 Å². The second-order valence-corrected chi connectivity index (χ2v) is 6.91. The number of rotatable bonds is 5. The first-order valence-electron chi connectivity index (χ1n) is 6.10. The standard InChI is InChI=1S/C15H13Cl2NO2S/c1-2-10-18(13-6-4-3-5-7-13)21(19,20)15-9-8-12(16)11-14(15)17/h2-9,11H,1,10H2. The van der Waals surface area contributed by atoms with Crippen molar-refractivity contribution in [2.24, 2.45) is 0 Å². The summed E-state index contributed by atoms with van der Waals surface area (Å²) >= 11 is 11.8. The van der Waals surface area contributed by atoms with Gasteiger partial charge >= 0.3 is 0 Å². The van der Waals surface area contributed by atoms with E-state index < -0.39 is 10.0 Å². The summed E-state index contributed by atoms with van der Waals surface area (Å²) in [7, 11) is -3.79. The van der Waals surface area contributed by atoms with Gasteiger partial charge in [-0.2, -0.15) is 0 Å². The van der Waals surface area contributed by atoms with Crippen molar-refractivity contribution >= 4 is 38.9 Å². The topological polar surface area (TPSA) is 37.4 Å². The lowest BCUT2D eigenvalue weighted by Gasteiger charge is -2.23. The Labute approximate surface area is 134 Å². The van der Waals surface area contributed by atoms with Crippen molar-refractivity contribution in [3.8, 4) is 0 Å². The first-order valence-corrected chi connectivity index (χ1v) is 8.30. The highest BCUT2D eigenvalue weighted by Crippen LogP contribution is 2.30. The first-order chi connectivity index (χ1) is 9.96. The van der Waals surface area contributed by atoms with Crippen LogP contribution >= 0.6 is 23.2 Å². The van der Waals surface area contributed by atoms with E-state index in [9.17, 15) is 8.42 Å². The fraction of sp³-hybridized carbons (Fsp3) is 0.0667. The van der Waals surface area contributed by atoms with E-state index in [1.54, 1.807) is 24.3 Å². The molecule has 21 heavy (non-hydrogen) atoms. The highest BCUT2D eigenvalue weighted by Gasteiger charge is 2.26. The number of hydrogen-bond donors (Lipinski definition) is 0. The van der Waals surface area contributed by atoms with E-state index in [-0.39, 0.29) is 16.5 Å². The van der Waals surface area contributed by atoms with Crippen LogP contribution in [-0.2, 0) is 10.0 Å². The van der Waals surface area contributed by atoms with Gasteiger partial charge < -0.3 is 0 Å². The molecule has 0 aromatic heterocycles. The fourth-order valence-corrected chi connectivity index (χ4v) is 4.04. The third-order valence-corrected chi connectivity index (χ3v) is 5.31. The van der Waals surface area contributed by atoms with E-state index in [4.69, 9.17) is 23.2 Å². The summed E-state index contributed by atoms with van der Waals surface area (Å²) in [4.78, 5) is 0.0132. The molecule has 0 atom stereocenters. The molecular weight excluding hydrogens is 329 g/mol. The summed E-state index contributed by atoms with van der Waals surface area (Å²) in [5.74, 6) is 0. The van der Waals surface area contributed by atoms with Crippen LogP contribution in [0.15, 0.2) is 66.1 Å². The van der Waals surface area contributed by atoms with Gasteiger partial charge in [-0.15, -0.1) is 6.58 Å². The maximum absolute atomic E-state index is 12.8. The van der Waals surface area contributed by atoms with Gasteiger partial charge in [0.1, 0.15) is 4.90 Å². The van der Waals surface area contributed by atoms with Gasteiger partial charge in [0, 0.05) is 5.02 Å². The molecule has 0 bridgehead atoms. The molecule has 0 fully saturated rings. The highest BCUT2D eigenvalue weighted by molar-refractivity contribution is 7.93. The van der Waals surface area contributed by atoms with Crippen molar-refractivity contribution in [3.63, 3.8) is 0 Å². The number of hydrogen-bond acceptors (Lipinski definition) is 2. The third-order valence-electron chi connectivity index (χ3n) is 2.80. The lowest BCUT2D eigenvalue weighted by atomic mass is 10.3. The van der Waals surface area contributed by atoms with Gasteiger partial charge in [-0.25, -0.2) is 8.42 Å². The Morgan fingerprint density at radius 2 is 1.76 bits per heavy atom. The number of benzene rings is 2. The normalized spacial score (nSPS) is 11.1. The Hall–Kier alpha value is -1.49. The maximum Gasteiger partial charge on any atom is 0.266 e. The fourth-order valence-electron chi connectivity index (χ4n) is 1.86. The van der Waals surface area contributed by atoms with Gasteiger partial charge in [0.15, 0.2) is 0 Å². The van der Waals surface area contributed by atoms with E-state index in [2.05, 4.69) is 6.58 Å². The summed E-state index contributed by atoms with van der Waals surface area (Å²) in [5, 5.41) is 0.474. The van der Waals surface area contributed by atoms with Crippen LogP contribution in [0, 0.1) is 0 Å². The number of anilines is 1. The Kier molecular flexibility index (Phi) is 4.93. The van der Waals surface area contributed by atoms with Crippen LogP contribution < -0.4 is 4.31 Å². The Balaban J connectivity index is 2.55. The third kappa shape index (κ3) is 3.40. The summed E-state index contributed by atoms with van der Waals surface area (Å²) in [6.45, 7) is 3.75. The first kappa shape index (κ1) is 15.9. The summed E-state index contributed by atoms with van der Waals surface area (Å²) < 4.78 is 26.9. The maximum atomic E-state index is 12.8. The molecule has 0 amide bonds. The molecular formula is C15H13Cl2NO2S. The predicted octanol–water partition coefficient (Wildman–Crippen LogP) is 4.37. The van der Waals surface area contributed by atoms with Gasteiger partial charge in [-0.1, -0.05) is 47.5 Å². The van der Waals surface area contributed by atoms with Gasteiger partial charge in [-0.3, -0.25) is 4.31 Å². The molecule has 0 heterocycles. The number of para-hydroxylation sites is 1. The van der Waals surface area contributed by atoms with Gasteiger partial charge in [0.2, 0.25) is 0 Å². The van der Waals surface area contributed by atoms with E-state index in [0.29, 0.717) is 10.7 Å². The SMILES string of the molecule is C=CCN(c1ccccc1)S(=O)(=O)c1ccc(Cl)cc1Cl. The molecule has 0 N–H and O–H groups in total. The van der Waals surface area contributed by atoms with Crippen molar-refractivity contribution in [1.82, 2.24) is 0 Å². The molecule has 2 aromatic carbocycles. The van der Waals surface area contributed by atoms with Crippen LogP contribution in [0.4, 0.5) is 5.69 Å². The van der Waals surface area contributed by atoms with Gasteiger partial charge in [0.25, 0.3) is 10.0 Å². The molecule has 0 spiro atoms. The zero-order valence-electron chi connectivity index (χ0n) is 11.0. The zero-order valence-corrected chi connectivity index (χ0v) is 13.4. The summed E-state index contributed by atoms with van der Waals surface area (Å²) in [6.07, 6.45) is 1.52. The van der Waals surface area contributed by atoms with E-state index in [0.717, 1.165) is 0 Å². The molecule has 2 rings (SSSR count). The zero-order chi connectivity index (χ0) is 15.5. The van der Waals surface area contributed by atoms with Crippen molar-refractivity contribution in [2.45, 2.75) is 4.90 Å². The van der Waals surface area contributed by atoms with Crippen molar-refractivity contribution < 1.29 is 8.42 Å². The van der Waals surface area contributed by atoms with Gasteiger partial charge in [-0.05, 0) is 30.3 Å². The summed E-state index contributed by atoms with van der Waals surface area (Å²) in [5.41, 5.74) is 0.545. The lowest BCUT2D eigenvalue weighted by Crippen LogP contribution is -2.31. The van der Waals surface area contributed by atoms with Crippen molar-refractivity contribution in [3.05, 3.63) is 71.2 Å². The average molecular weight is 342 g/mol. The van der Waals surface area contributed by atoms with E-state index in [1.807, 2.05) is 6.07 Å². The number of nitrogens with zero attached hydrogens (tertiary/aromatic N) is 1. The number of halogens is 2. The Morgan fingerprint density at radius 3 is 2.33 bits per heavy atom. The molecule has 0 aliphatic carbocycles. The molecule has 0 saturated heterocycles. The molecule has 0 unspecified atom stereocenters. The van der Waals surface area contributed by atoms with Crippen molar-refractivity contribution in [2.75, 3.05) is 10.8 Å². The molecule has 0 aliphatic heterocycles. The lowest BCUT2D eigenvalue weighted by molar-refractivity contribution is 0.593. The smallest absolute Gasteiger partial charge is 0.262 e. The monoisotopic (exact) mass is 341 g/mol. The second-order valence-electron chi connectivity index (χ2n) is 4.24. The minimum absolute atomic E-state index is 0.0132. The molecule has 0 aliphatic rings. The average Bonchev–Trinajstić information content (AvgIpc) is 2.45. The Bertz CT molecular complexity index is 746. The largest absolute Gasteiger partial charge is 0.266 e. The van der Waals surface area contributed by atoms with Crippen LogP contribution in [0.2, 0.25) is 10.0 Å². The quantitative estimate of drug-likeness (QED) is 0.757. The predicted molar refractivity (Wildman–Crippen MR) is 87.6 cm³/mol. The molecule has 0 saturated carbocycles. The molecule has 2 aromatic rings. The van der Waals surface area contributed by atoms with Crippen LogP contribution in [-0.4, -0.2) is 15.0 Å². The highest BCUT2D eigenvalue weighted by atomic mass is 35.5. The summed E-state index contributed by atoms with van der Waals surface area (Å²) in [6, 6.07) is 13.1. The van der Waals surface area contributed by atoms with Crippen LogP contribution in [0.3, 0.4) is 0 Å². The minimum Gasteiger partial charge on any atom is -0.262 e. The van der Waals surface area contributed by atoms with E-state index >= 15 is 0 Å². The number of sulfonamides is 1. The van der Waals surface area contributed by atoms with Crippen LogP contribution in [0.25, 0.3) is 0 Å². The minimum atomic E-state index is -3.79.